The molecule has 8 nitrogen and oxygen atoms in total. The van der Waals surface area contributed by atoms with Gasteiger partial charge in [0.25, 0.3) is 5.95 Å². The summed E-state index contributed by atoms with van der Waals surface area (Å²) in [6.45, 7) is 1.90. The molecule has 2 aromatic carbocycles. The summed E-state index contributed by atoms with van der Waals surface area (Å²) in [5, 5.41) is 16.5. The number of aryl methyl sites for hydroxylation is 1. The van der Waals surface area contributed by atoms with E-state index in [0.717, 1.165) is 22.4 Å². The number of carbonyl (C=O) groups excluding carboxylic acids is 1. The zero-order valence-electron chi connectivity index (χ0n) is 17.4. The highest BCUT2D eigenvalue weighted by Crippen LogP contribution is 2.42. The van der Waals surface area contributed by atoms with E-state index in [9.17, 15) is 4.79 Å². The van der Waals surface area contributed by atoms with E-state index in [1.807, 2.05) is 55.5 Å². The summed E-state index contributed by atoms with van der Waals surface area (Å²) >= 11 is 6.46. The average molecular weight is 447 g/mol. The van der Waals surface area contributed by atoms with Crippen molar-refractivity contribution in [2.75, 3.05) is 12.4 Å². The van der Waals surface area contributed by atoms with Crippen LogP contribution in [0, 0.1) is 6.92 Å². The summed E-state index contributed by atoms with van der Waals surface area (Å²) in [5.41, 5.74) is 3.99. The van der Waals surface area contributed by atoms with Gasteiger partial charge in [-0.05, 0) is 30.7 Å². The number of ether oxygens (including phenoxy) is 1. The first-order valence-electron chi connectivity index (χ1n) is 10.0. The normalized spacial score (nSPS) is 15.2. The number of aromatic nitrogens is 5. The Morgan fingerprint density at radius 3 is 2.84 bits per heavy atom. The van der Waals surface area contributed by atoms with Crippen LogP contribution in [0.15, 0.2) is 54.7 Å². The number of nitrogens with zero attached hydrogens (tertiary/aromatic N) is 5. The molecule has 1 amide bonds. The molecule has 0 saturated carbocycles. The first-order chi connectivity index (χ1) is 15.5. The van der Waals surface area contributed by atoms with Crippen molar-refractivity contribution in [3.8, 4) is 23.0 Å². The molecule has 0 saturated heterocycles. The third-order valence-electron chi connectivity index (χ3n) is 5.49. The quantitative estimate of drug-likeness (QED) is 0.505. The van der Waals surface area contributed by atoms with E-state index >= 15 is 0 Å². The smallest absolute Gasteiger partial charge is 0.272 e. The standard InChI is InChI=1S/C23H19ClN6O2/c1-13-21-17(16-8-3-4-9-18(16)24)11-20(31)27-22(21)30(29-13)23-26-19(12-25-28-23)14-6-5-7-15(10-14)32-2/h3-10,12,17H,11H2,1-2H3,(H,27,31). The van der Waals surface area contributed by atoms with Gasteiger partial charge < -0.3 is 10.1 Å². The molecule has 2 aromatic heterocycles. The maximum atomic E-state index is 12.6. The highest BCUT2D eigenvalue weighted by Gasteiger charge is 2.34. The van der Waals surface area contributed by atoms with Gasteiger partial charge in [-0.15, -0.1) is 5.10 Å². The number of nitrogens with one attached hydrogen (secondary N) is 1. The number of benzene rings is 2. The fraction of sp³-hybridized carbons (Fsp3) is 0.174. The number of hydrogen-bond acceptors (Lipinski definition) is 6. The Labute approximate surface area is 189 Å². The van der Waals surface area contributed by atoms with Gasteiger partial charge in [0, 0.05) is 28.5 Å². The van der Waals surface area contributed by atoms with Crippen LogP contribution in [0.4, 0.5) is 5.82 Å². The van der Waals surface area contributed by atoms with Crippen LogP contribution < -0.4 is 10.1 Å². The van der Waals surface area contributed by atoms with Crippen LogP contribution in [0.3, 0.4) is 0 Å². The predicted octanol–water partition coefficient (Wildman–Crippen LogP) is 4.17. The SMILES string of the molecule is COc1cccc(-c2cnnc(-n3nc(C)c4c3NC(=O)CC4c3ccccc3Cl)n2)c1. The summed E-state index contributed by atoms with van der Waals surface area (Å²) < 4.78 is 6.83. The molecule has 32 heavy (non-hydrogen) atoms. The Hall–Kier alpha value is -3.78. The molecule has 1 aliphatic rings. The first kappa shape index (κ1) is 20.1. The van der Waals surface area contributed by atoms with Crippen LogP contribution >= 0.6 is 11.6 Å². The van der Waals surface area contributed by atoms with E-state index in [-0.39, 0.29) is 24.2 Å². The number of anilines is 1. The van der Waals surface area contributed by atoms with Crippen molar-refractivity contribution >= 4 is 23.3 Å². The minimum Gasteiger partial charge on any atom is -0.497 e. The molecule has 0 fully saturated rings. The zero-order chi connectivity index (χ0) is 22.2. The van der Waals surface area contributed by atoms with Gasteiger partial charge in [-0.25, -0.2) is 4.98 Å². The Morgan fingerprint density at radius 2 is 2.03 bits per heavy atom. The van der Waals surface area contributed by atoms with Gasteiger partial charge >= 0.3 is 0 Å². The van der Waals surface area contributed by atoms with E-state index in [0.29, 0.717) is 22.3 Å². The fourth-order valence-electron chi connectivity index (χ4n) is 4.02. The maximum Gasteiger partial charge on any atom is 0.272 e. The van der Waals surface area contributed by atoms with Crippen LogP contribution in [-0.4, -0.2) is 38.0 Å². The molecule has 1 aliphatic heterocycles. The van der Waals surface area contributed by atoms with Gasteiger partial charge in [-0.1, -0.05) is 41.9 Å². The van der Waals surface area contributed by atoms with Crippen molar-refractivity contribution in [1.82, 2.24) is 25.0 Å². The molecule has 0 radical (unpaired) electrons. The minimum absolute atomic E-state index is 0.125. The maximum absolute atomic E-state index is 12.6. The highest BCUT2D eigenvalue weighted by molar-refractivity contribution is 6.31. The van der Waals surface area contributed by atoms with E-state index in [1.165, 1.54) is 4.68 Å². The lowest BCUT2D eigenvalue weighted by molar-refractivity contribution is -0.116. The number of halogens is 1. The van der Waals surface area contributed by atoms with Gasteiger partial charge in [0.15, 0.2) is 0 Å². The Kier molecular flexibility index (Phi) is 5.07. The van der Waals surface area contributed by atoms with Crippen molar-refractivity contribution in [3.05, 3.63) is 76.6 Å². The lowest BCUT2D eigenvalue weighted by Gasteiger charge is -2.24. The molecule has 0 aliphatic carbocycles. The van der Waals surface area contributed by atoms with E-state index in [2.05, 4.69) is 25.6 Å². The molecule has 5 rings (SSSR count). The van der Waals surface area contributed by atoms with Crippen molar-refractivity contribution in [2.45, 2.75) is 19.3 Å². The second-order valence-corrected chi connectivity index (χ2v) is 7.87. The van der Waals surface area contributed by atoms with Crippen LogP contribution in [0.5, 0.6) is 5.75 Å². The average Bonchev–Trinajstić information content (AvgIpc) is 3.15. The number of amides is 1. The molecule has 160 valence electrons. The largest absolute Gasteiger partial charge is 0.497 e. The summed E-state index contributed by atoms with van der Waals surface area (Å²) in [4.78, 5) is 17.3. The molecule has 1 atom stereocenters. The topological polar surface area (TPSA) is 94.8 Å². The lowest BCUT2D eigenvalue weighted by atomic mass is 9.86. The van der Waals surface area contributed by atoms with Crippen molar-refractivity contribution < 1.29 is 9.53 Å². The lowest BCUT2D eigenvalue weighted by Crippen LogP contribution is -2.25. The van der Waals surface area contributed by atoms with Gasteiger partial charge in [0.1, 0.15) is 11.6 Å². The van der Waals surface area contributed by atoms with E-state index in [4.69, 9.17) is 16.3 Å². The molecule has 4 aromatic rings. The summed E-state index contributed by atoms with van der Waals surface area (Å²) in [7, 11) is 1.61. The van der Waals surface area contributed by atoms with Crippen LogP contribution in [0.1, 0.15) is 29.2 Å². The zero-order valence-corrected chi connectivity index (χ0v) is 18.2. The van der Waals surface area contributed by atoms with Crippen LogP contribution in [0.2, 0.25) is 5.02 Å². The van der Waals surface area contributed by atoms with Crippen molar-refractivity contribution in [1.29, 1.82) is 0 Å². The summed E-state index contributed by atoms with van der Waals surface area (Å²) in [5.74, 6) is 1.17. The Morgan fingerprint density at radius 1 is 1.19 bits per heavy atom. The number of methoxy groups -OCH3 is 1. The third kappa shape index (κ3) is 3.48. The number of rotatable bonds is 4. The summed E-state index contributed by atoms with van der Waals surface area (Å²) in [6, 6.07) is 15.1. The van der Waals surface area contributed by atoms with Crippen LogP contribution in [0.25, 0.3) is 17.2 Å². The van der Waals surface area contributed by atoms with Crippen molar-refractivity contribution in [2.24, 2.45) is 0 Å². The fourth-order valence-corrected chi connectivity index (χ4v) is 4.29. The first-order valence-corrected chi connectivity index (χ1v) is 10.4. The van der Waals surface area contributed by atoms with Crippen molar-refractivity contribution in [3.63, 3.8) is 0 Å². The predicted molar refractivity (Wildman–Crippen MR) is 120 cm³/mol. The molecule has 0 bridgehead atoms. The third-order valence-corrected chi connectivity index (χ3v) is 5.83. The van der Waals surface area contributed by atoms with Crippen LogP contribution in [-0.2, 0) is 4.79 Å². The van der Waals surface area contributed by atoms with E-state index < -0.39 is 0 Å². The number of hydrogen-bond donors (Lipinski definition) is 1. The number of carbonyl (C=O) groups is 1. The van der Waals surface area contributed by atoms with E-state index in [1.54, 1.807) is 13.3 Å². The molecule has 9 heteroatoms. The highest BCUT2D eigenvalue weighted by atomic mass is 35.5. The molecule has 3 heterocycles. The van der Waals surface area contributed by atoms with Gasteiger partial charge in [0.05, 0.1) is 24.7 Å². The Bertz CT molecular complexity index is 1340. The molecule has 0 spiro atoms. The second kappa shape index (κ2) is 8.05. The molecule has 1 N–H and O–H groups in total. The second-order valence-electron chi connectivity index (χ2n) is 7.46. The molecule has 1 unspecified atom stereocenters. The number of fused-ring (bicyclic) bond motifs is 1. The van der Waals surface area contributed by atoms with Gasteiger partial charge in [-0.3, -0.25) is 4.79 Å². The Balaban J connectivity index is 1.62. The minimum atomic E-state index is -0.212. The molecular formula is C23H19ClN6O2. The van der Waals surface area contributed by atoms with Gasteiger partial charge in [0.2, 0.25) is 5.91 Å². The summed E-state index contributed by atoms with van der Waals surface area (Å²) in [6.07, 6.45) is 1.86. The van der Waals surface area contributed by atoms with Gasteiger partial charge in [-0.2, -0.15) is 14.9 Å². The molecular weight excluding hydrogens is 428 g/mol. The monoisotopic (exact) mass is 446 g/mol.